The predicted octanol–water partition coefficient (Wildman–Crippen LogP) is 3.27. The zero-order chi connectivity index (χ0) is 10.0. The SMILES string of the molecule is OC(c1c(F)cccc1I)C(Cl)Cl. The van der Waals surface area contributed by atoms with Crippen molar-refractivity contribution >= 4 is 45.8 Å². The molecule has 1 N–H and O–H groups in total. The van der Waals surface area contributed by atoms with Gasteiger partial charge in [-0.25, -0.2) is 4.39 Å². The lowest BCUT2D eigenvalue weighted by Gasteiger charge is -2.14. The van der Waals surface area contributed by atoms with E-state index in [-0.39, 0.29) is 5.56 Å². The lowest BCUT2D eigenvalue weighted by molar-refractivity contribution is 0.187. The second-order valence-corrected chi connectivity index (χ2v) is 4.74. The molecule has 1 rings (SSSR count). The normalized spacial score (nSPS) is 13.4. The molecule has 0 heterocycles. The zero-order valence-corrected chi connectivity index (χ0v) is 10.0. The minimum Gasteiger partial charge on any atom is -0.385 e. The van der Waals surface area contributed by atoms with Gasteiger partial charge in [-0.05, 0) is 34.7 Å². The Labute approximate surface area is 99.0 Å². The second kappa shape index (κ2) is 4.77. The first-order chi connectivity index (χ1) is 6.04. The van der Waals surface area contributed by atoms with Crippen molar-refractivity contribution in [2.45, 2.75) is 10.9 Å². The summed E-state index contributed by atoms with van der Waals surface area (Å²) in [5.74, 6) is -0.495. The summed E-state index contributed by atoms with van der Waals surface area (Å²) in [6.07, 6.45) is -1.18. The Bertz CT molecular complexity index is 286. The molecule has 1 atom stereocenters. The number of aliphatic hydroxyl groups excluding tert-OH is 1. The van der Waals surface area contributed by atoms with Crippen molar-refractivity contribution in [3.8, 4) is 0 Å². The summed E-state index contributed by atoms with van der Waals surface area (Å²) in [5, 5.41) is 9.45. The van der Waals surface area contributed by atoms with E-state index in [1.165, 1.54) is 6.07 Å². The van der Waals surface area contributed by atoms with E-state index in [1.54, 1.807) is 12.1 Å². The molecule has 0 bridgehead atoms. The first kappa shape index (κ1) is 11.5. The molecule has 5 heteroatoms. The van der Waals surface area contributed by atoms with Gasteiger partial charge in [0.15, 0.2) is 0 Å². The van der Waals surface area contributed by atoms with Gasteiger partial charge >= 0.3 is 0 Å². The summed E-state index contributed by atoms with van der Waals surface area (Å²) in [7, 11) is 0. The molecule has 1 aromatic carbocycles. The van der Waals surface area contributed by atoms with Crippen molar-refractivity contribution in [2.24, 2.45) is 0 Å². The number of halogens is 4. The van der Waals surface area contributed by atoms with Crippen molar-refractivity contribution in [1.82, 2.24) is 0 Å². The van der Waals surface area contributed by atoms with Crippen LogP contribution in [0.2, 0.25) is 0 Å². The third kappa shape index (κ3) is 2.68. The molecule has 1 nitrogen and oxygen atoms in total. The first-order valence-electron chi connectivity index (χ1n) is 3.44. The van der Waals surface area contributed by atoms with Crippen LogP contribution in [0.25, 0.3) is 0 Å². The van der Waals surface area contributed by atoms with Crippen molar-refractivity contribution < 1.29 is 9.50 Å². The zero-order valence-electron chi connectivity index (χ0n) is 6.35. The van der Waals surface area contributed by atoms with E-state index in [9.17, 15) is 9.50 Å². The van der Waals surface area contributed by atoms with Gasteiger partial charge in [-0.1, -0.05) is 6.07 Å². The molecule has 0 spiro atoms. The number of alkyl halides is 2. The minimum atomic E-state index is -1.18. The Morgan fingerprint density at radius 3 is 2.46 bits per heavy atom. The molecule has 0 amide bonds. The van der Waals surface area contributed by atoms with Crippen LogP contribution in [0.5, 0.6) is 0 Å². The summed E-state index contributed by atoms with van der Waals surface area (Å²) in [6.45, 7) is 0. The van der Waals surface area contributed by atoms with Crippen LogP contribution in [0, 0.1) is 9.39 Å². The van der Waals surface area contributed by atoms with Gasteiger partial charge in [-0.2, -0.15) is 0 Å². The summed E-state index contributed by atoms with van der Waals surface area (Å²) in [4.78, 5) is -1.02. The third-order valence-electron chi connectivity index (χ3n) is 1.53. The Hall–Kier alpha value is 0.420. The molecule has 0 aliphatic rings. The van der Waals surface area contributed by atoms with Gasteiger partial charge in [-0.15, -0.1) is 23.2 Å². The van der Waals surface area contributed by atoms with Gasteiger partial charge in [0, 0.05) is 9.13 Å². The number of hydrogen-bond donors (Lipinski definition) is 1. The number of rotatable bonds is 2. The maximum absolute atomic E-state index is 13.2. The van der Waals surface area contributed by atoms with Crippen molar-refractivity contribution in [3.63, 3.8) is 0 Å². The highest BCUT2D eigenvalue weighted by Crippen LogP contribution is 2.29. The molecule has 0 radical (unpaired) electrons. The lowest BCUT2D eigenvalue weighted by Crippen LogP contribution is -2.10. The Balaban J connectivity index is 3.12. The summed E-state index contributed by atoms with van der Waals surface area (Å²) >= 11 is 12.8. The molecular weight excluding hydrogens is 329 g/mol. The minimum absolute atomic E-state index is 0.151. The quantitative estimate of drug-likeness (QED) is 0.650. The van der Waals surface area contributed by atoms with E-state index in [2.05, 4.69) is 0 Å². The smallest absolute Gasteiger partial charge is 0.137 e. The fourth-order valence-corrected chi connectivity index (χ4v) is 1.96. The Kier molecular flexibility index (Phi) is 4.22. The van der Waals surface area contributed by atoms with Gasteiger partial charge in [-0.3, -0.25) is 0 Å². The molecule has 0 saturated carbocycles. The van der Waals surface area contributed by atoms with Gasteiger partial charge in [0.05, 0.1) is 0 Å². The average molecular weight is 335 g/mol. The average Bonchev–Trinajstić information content (AvgIpc) is 2.03. The largest absolute Gasteiger partial charge is 0.385 e. The van der Waals surface area contributed by atoms with Crippen molar-refractivity contribution in [1.29, 1.82) is 0 Å². The Morgan fingerprint density at radius 1 is 1.38 bits per heavy atom. The number of benzene rings is 1. The number of hydrogen-bond acceptors (Lipinski definition) is 1. The summed E-state index contributed by atoms with van der Waals surface area (Å²) < 4.78 is 13.8. The van der Waals surface area contributed by atoms with Crippen LogP contribution in [0.15, 0.2) is 18.2 Å². The summed E-state index contributed by atoms with van der Waals surface area (Å²) in [5.41, 5.74) is 0.151. The van der Waals surface area contributed by atoms with Gasteiger partial charge in [0.1, 0.15) is 16.8 Å². The highest BCUT2D eigenvalue weighted by molar-refractivity contribution is 14.1. The molecular formula is C8H6Cl2FIO. The predicted molar refractivity (Wildman–Crippen MR) is 59.6 cm³/mol. The fourth-order valence-electron chi connectivity index (χ4n) is 0.919. The topological polar surface area (TPSA) is 20.2 Å². The Morgan fingerprint density at radius 2 is 2.00 bits per heavy atom. The second-order valence-electron chi connectivity index (χ2n) is 2.41. The molecule has 72 valence electrons. The summed E-state index contributed by atoms with van der Waals surface area (Å²) in [6, 6.07) is 4.50. The lowest BCUT2D eigenvalue weighted by atomic mass is 10.1. The van der Waals surface area contributed by atoms with Gasteiger partial charge in [0.25, 0.3) is 0 Å². The van der Waals surface area contributed by atoms with Crippen LogP contribution in [-0.4, -0.2) is 9.94 Å². The van der Waals surface area contributed by atoms with E-state index in [1.807, 2.05) is 22.6 Å². The van der Waals surface area contributed by atoms with E-state index in [4.69, 9.17) is 23.2 Å². The molecule has 1 unspecified atom stereocenters. The number of aliphatic hydroxyl groups is 1. The maximum atomic E-state index is 13.2. The molecule has 0 fully saturated rings. The van der Waals surface area contributed by atoms with Crippen molar-refractivity contribution in [3.05, 3.63) is 33.1 Å². The molecule has 0 aliphatic heterocycles. The van der Waals surface area contributed by atoms with Crippen LogP contribution >= 0.6 is 45.8 Å². The molecule has 0 aliphatic carbocycles. The van der Waals surface area contributed by atoms with E-state index in [0.29, 0.717) is 3.57 Å². The van der Waals surface area contributed by atoms with Crippen LogP contribution < -0.4 is 0 Å². The molecule has 0 saturated heterocycles. The molecule has 13 heavy (non-hydrogen) atoms. The molecule has 0 aromatic heterocycles. The first-order valence-corrected chi connectivity index (χ1v) is 5.39. The van der Waals surface area contributed by atoms with E-state index < -0.39 is 16.8 Å². The fraction of sp³-hybridized carbons (Fsp3) is 0.250. The van der Waals surface area contributed by atoms with Gasteiger partial charge < -0.3 is 5.11 Å². The monoisotopic (exact) mass is 334 g/mol. The van der Waals surface area contributed by atoms with E-state index in [0.717, 1.165) is 0 Å². The van der Waals surface area contributed by atoms with Crippen molar-refractivity contribution in [2.75, 3.05) is 0 Å². The van der Waals surface area contributed by atoms with Gasteiger partial charge in [0.2, 0.25) is 0 Å². The van der Waals surface area contributed by atoms with Crippen LogP contribution in [0.1, 0.15) is 11.7 Å². The highest BCUT2D eigenvalue weighted by atomic mass is 127. The standard InChI is InChI=1S/C8H6Cl2FIO/c9-8(10)7(13)6-4(11)2-1-3-5(6)12/h1-3,7-8,13H. The van der Waals surface area contributed by atoms with Crippen LogP contribution in [-0.2, 0) is 0 Å². The highest BCUT2D eigenvalue weighted by Gasteiger charge is 2.21. The van der Waals surface area contributed by atoms with E-state index >= 15 is 0 Å². The third-order valence-corrected chi connectivity index (χ3v) is 2.95. The van der Waals surface area contributed by atoms with Crippen LogP contribution in [0.4, 0.5) is 4.39 Å². The van der Waals surface area contributed by atoms with Crippen LogP contribution in [0.3, 0.4) is 0 Å². The molecule has 1 aromatic rings. The maximum Gasteiger partial charge on any atom is 0.137 e.